The molecule has 76 valence electrons. The normalized spacial score (nSPS) is 8.79. The number of hydrogen-bond donors (Lipinski definition) is 1. The number of nitriles is 1. The van der Waals surface area contributed by atoms with Crippen molar-refractivity contribution in [1.82, 2.24) is 0 Å². The van der Waals surface area contributed by atoms with Crippen molar-refractivity contribution in [2.75, 3.05) is 0 Å². The molecule has 0 amide bonds. The van der Waals surface area contributed by atoms with Crippen molar-refractivity contribution in [3.8, 4) is 11.2 Å². The first-order chi connectivity index (χ1) is 6.57. The summed E-state index contributed by atoms with van der Waals surface area (Å²) in [5.41, 5.74) is 0. The van der Waals surface area contributed by atoms with Gasteiger partial charge < -0.3 is 5.11 Å². The second-order valence-electron chi connectivity index (χ2n) is 1.91. The number of halogens is 3. The van der Waals surface area contributed by atoms with E-state index >= 15 is 0 Å². The summed E-state index contributed by atoms with van der Waals surface area (Å²) in [6.07, 6.45) is 0. The van der Waals surface area contributed by atoms with Crippen LogP contribution in [-0.2, 0) is 0 Å². The maximum Gasteiger partial charge on any atom is 0.180 e. The largest absolute Gasteiger partial charge is 0.507 e. The Bertz CT molecular complexity index is 311. The van der Waals surface area contributed by atoms with E-state index in [9.17, 15) is 0 Å². The van der Waals surface area contributed by atoms with Gasteiger partial charge in [-0.05, 0) is 23.9 Å². The fourth-order valence-electron chi connectivity index (χ4n) is 0.593. The van der Waals surface area contributed by atoms with Crippen molar-refractivity contribution in [3.63, 3.8) is 0 Å². The second-order valence-corrected chi connectivity index (χ2v) is 4.71. The quantitative estimate of drug-likeness (QED) is 0.477. The molecule has 0 aliphatic rings. The van der Waals surface area contributed by atoms with Gasteiger partial charge in [-0.3, -0.25) is 0 Å². The molecule has 0 saturated carbocycles. The minimum absolute atomic E-state index is 0.161. The molecule has 0 unspecified atom stereocenters. The van der Waals surface area contributed by atoms with Crippen molar-refractivity contribution in [1.29, 1.82) is 5.26 Å². The van der Waals surface area contributed by atoms with E-state index in [1.165, 1.54) is 0 Å². The number of phenols is 1. The summed E-state index contributed by atoms with van der Waals surface area (Å²) in [6.45, 7) is 0. The standard InChI is InChI=1S/C7H5NOS.CHCl3/c8-5-10-7-4-2-1-3-6(7)9;2-1(3)4/h1-4,9H;1H. The van der Waals surface area contributed by atoms with Crippen LogP contribution in [0.15, 0.2) is 29.2 Å². The first kappa shape index (κ1) is 13.7. The van der Waals surface area contributed by atoms with Gasteiger partial charge in [-0.1, -0.05) is 46.9 Å². The molecule has 0 heterocycles. The van der Waals surface area contributed by atoms with E-state index in [0.717, 1.165) is 11.8 Å². The van der Waals surface area contributed by atoms with Gasteiger partial charge in [-0.2, -0.15) is 5.26 Å². The van der Waals surface area contributed by atoms with E-state index in [2.05, 4.69) is 0 Å². The molecule has 0 spiro atoms. The number of thioether (sulfide) groups is 1. The summed E-state index contributed by atoms with van der Waals surface area (Å²) in [5.74, 6) is 0.161. The lowest BCUT2D eigenvalue weighted by atomic mass is 10.3. The Morgan fingerprint density at radius 2 is 1.79 bits per heavy atom. The summed E-state index contributed by atoms with van der Waals surface area (Å²) < 4.78 is -0.750. The van der Waals surface area contributed by atoms with Gasteiger partial charge >= 0.3 is 0 Å². The SMILES string of the molecule is ClC(Cl)Cl.N#CSc1ccccc1O. The highest BCUT2D eigenvalue weighted by molar-refractivity contribution is 8.03. The van der Waals surface area contributed by atoms with Crippen LogP contribution in [0.1, 0.15) is 0 Å². The molecule has 0 aliphatic heterocycles. The Hall–Kier alpha value is -0.270. The minimum atomic E-state index is -0.750. The Morgan fingerprint density at radius 1 is 1.29 bits per heavy atom. The van der Waals surface area contributed by atoms with Crippen molar-refractivity contribution in [3.05, 3.63) is 24.3 Å². The highest BCUT2D eigenvalue weighted by atomic mass is 35.6. The van der Waals surface area contributed by atoms with Gasteiger partial charge in [0.25, 0.3) is 0 Å². The molecule has 1 rings (SSSR count). The van der Waals surface area contributed by atoms with Gasteiger partial charge in [0.05, 0.1) is 4.90 Å². The number of alkyl halides is 3. The Balaban J connectivity index is 0.000000364. The summed E-state index contributed by atoms with van der Waals surface area (Å²) in [6, 6.07) is 6.75. The van der Waals surface area contributed by atoms with Crippen LogP contribution in [0.4, 0.5) is 0 Å². The van der Waals surface area contributed by atoms with Crippen molar-refractivity contribution >= 4 is 46.6 Å². The van der Waals surface area contributed by atoms with Gasteiger partial charge in [0.1, 0.15) is 11.2 Å². The first-order valence-corrected chi connectivity index (χ1v) is 5.46. The second kappa shape index (κ2) is 8.07. The molecule has 0 radical (unpaired) electrons. The molecular formula is C8H6Cl3NOS. The van der Waals surface area contributed by atoms with Crippen LogP contribution in [-0.4, -0.2) is 9.40 Å². The van der Waals surface area contributed by atoms with Crippen LogP contribution in [0.5, 0.6) is 5.75 Å². The van der Waals surface area contributed by atoms with E-state index in [0.29, 0.717) is 4.90 Å². The molecule has 2 nitrogen and oxygen atoms in total. The molecule has 1 aromatic carbocycles. The molecule has 0 atom stereocenters. The number of aromatic hydroxyl groups is 1. The number of nitrogens with zero attached hydrogens (tertiary/aromatic N) is 1. The number of phenolic OH excluding ortho intramolecular Hbond substituents is 1. The van der Waals surface area contributed by atoms with E-state index in [-0.39, 0.29) is 5.75 Å². The number of rotatable bonds is 1. The van der Waals surface area contributed by atoms with Crippen LogP contribution in [0.3, 0.4) is 0 Å². The molecule has 0 aliphatic carbocycles. The van der Waals surface area contributed by atoms with Crippen LogP contribution < -0.4 is 0 Å². The Kier molecular flexibility index (Phi) is 7.92. The molecule has 6 heteroatoms. The third-order valence-electron chi connectivity index (χ3n) is 1.02. The van der Waals surface area contributed by atoms with Crippen molar-refractivity contribution in [2.45, 2.75) is 9.19 Å². The maximum atomic E-state index is 9.07. The lowest BCUT2D eigenvalue weighted by molar-refractivity contribution is 0.462. The molecular weight excluding hydrogens is 265 g/mol. The highest BCUT2D eigenvalue weighted by Gasteiger charge is 1.96. The average molecular weight is 271 g/mol. The zero-order chi connectivity index (χ0) is 11.0. The van der Waals surface area contributed by atoms with Gasteiger partial charge in [-0.25, -0.2) is 0 Å². The van der Waals surface area contributed by atoms with Gasteiger partial charge in [0.15, 0.2) is 4.30 Å². The predicted molar refractivity (Wildman–Crippen MR) is 60.9 cm³/mol. The summed E-state index contributed by atoms with van der Waals surface area (Å²) in [7, 11) is 0. The zero-order valence-corrected chi connectivity index (χ0v) is 9.91. The van der Waals surface area contributed by atoms with Crippen LogP contribution in [0.25, 0.3) is 0 Å². The van der Waals surface area contributed by atoms with Gasteiger partial charge in [-0.15, -0.1) is 0 Å². The zero-order valence-electron chi connectivity index (χ0n) is 6.82. The van der Waals surface area contributed by atoms with E-state index in [1.807, 2.05) is 5.40 Å². The van der Waals surface area contributed by atoms with Crippen molar-refractivity contribution in [2.24, 2.45) is 0 Å². The van der Waals surface area contributed by atoms with E-state index in [1.54, 1.807) is 24.3 Å². The summed E-state index contributed by atoms with van der Waals surface area (Å²) in [5, 5.41) is 19.2. The number of para-hydroxylation sites is 1. The molecule has 0 fully saturated rings. The Morgan fingerprint density at radius 3 is 2.21 bits per heavy atom. The first-order valence-electron chi connectivity index (χ1n) is 3.34. The summed E-state index contributed by atoms with van der Waals surface area (Å²) >= 11 is 15.4. The molecule has 0 saturated heterocycles. The Labute approximate surface area is 101 Å². The maximum absolute atomic E-state index is 9.07. The van der Waals surface area contributed by atoms with Crippen LogP contribution in [0, 0.1) is 10.7 Å². The molecule has 1 N–H and O–H groups in total. The molecule has 1 aromatic rings. The fraction of sp³-hybridized carbons (Fsp3) is 0.125. The third kappa shape index (κ3) is 7.16. The smallest absolute Gasteiger partial charge is 0.180 e. The minimum Gasteiger partial charge on any atom is -0.507 e. The highest BCUT2D eigenvalue weighted by Crippen LogP contribution is 2.26. The predicted octanol–water partition coefficient (Wildman–Crippen LogP) is 3.95. The summed E-state index contributed by atoms with van der Waals surface area (Å²) in [4.78, 5) is 0.602. The van der Waals surface area contributed by atoms with E-state index < -0.39 is 4.30 Å². The fourth-order valence-corrected chi connectivity index (χ4v) is 1.01. The monoisotopic (exact) mass is 269 g/mol. The van der Waals surface area contributed by atoms with Gasteiger partial charge in [0.2, 0.25) is 0 Å². The molecule has 14 heavy (non-hydrogen) atoms. The number of hydrogen-bond acceptors (Lipinski definition) is 3. The number of thiocyanates is 1. The van der Waals surface area contributed by atoms with E-state index in [4.69, 9.17) is 45.2 Å². The van der Waals surface area contributed by atoms with Crippen molar-refractivity contribution < 1.29 is 5.11 Å². The van der Waals surface area contributed by atoms with Crippen LogP contribution >= 0.6 is 46.6 Å². The molecule has 0 bridgehead atoms. The lowest BCUT2D eigenvalue weighted by Gasteiger charge is -1.94. The van der Waals surface area contributed by atoms with Gasteiger partial charge in [0, 0.05) is 0 Å². The number of benzene rings is 1. The lowest BCUT2D eigenvalue weighted by Crippen LogP contribution is -1.68. The average Bonchev–Trinajstić information content (AvgIpc) is 2.08. The molecule has 0 aromatic heterocycles. The van der Waals surface area contributed by atoms with Crippen LogP contribution in [0.2, 0.25) is 0 Å². The topological polar surface area (TPSA) is 44.0 Å². The third-order valence-corrected chi connectivity index (χ3v) is 1.68.